The van der Waals surface area contributed by atoms with E-state index in [1.807, 2.05) is 24.4 Å². The summed E-state index contributed by atoms with van der Waals surface area (Å²) in [5.41, 5.74) is 10.3. The van der Waals surface area contributed by atoms with Crippen LogP contribution in [-0.2, 0) is 11.3 Å². The molecule has 1 aliphatic heterocycles. The van der Waals surface area contributed by atoms with Crippen molar-refractivity contribution in [2.45, 2.75) is 20.4 Å². The highest BCUT2D eigenvalue weighted by atomic mass is 16.5. The molecule has 30 heavy (non-hydrogen) atoms. The fraction of sp³-hybridized carbons (Fsp3) is 0.333. The summed E-state index contributed by atoms with van der Waals surface area (Å²) in [6.45, 7) is 8.12. The van der Waals surface area contributed by atoms with Crippen molar-refractivity contribution in [3.05, 3.63) is 77.2 Å². The van der Waals surface area contributed by atoms with E-state index in [1.165, 1.54) is 18.0 Å². The third-order valence-electron chi connectivity index (χ3n) is 4.35. The molecule has 2 rings (SSSR count). The van der Waals surface area contributed by atoms with Crippen molar-refractivity contribution in [2.24, 2.45) is 16.6 Å². The third kappa shape index (κ3) is 8.19. The Bertz CT molecular complexity index is 817. The van der Waals surface area contributed by atoms with Gasteiger partial charge in [-0.05, 0) is 35.3 Å². The van der Waals surface area contributed by atoms with Crippen LogP contribution in [0.2, 0.25) is 0 Å². The van der Waals surface area contributed by atoms with Crippen LogP contribution in [0.1, 0.15) is 19.4 Å². The summed E-state index contributed by atoms with van der Waals surface area (Å²) in [5.74, 6) is 0.573. The van der Waals surface area contributed by atoms with Crippen molar-refractivity contribution in [2.75, 3.05) is 31.6 Å². The molecule has 0 saturated heterocycles. The van der Waals surface area contributed by atoms with Gasteiger partial charge in [0.15, 0.2) is 0 Å². The summed E-state index contributed by atoms with van der Waals surface area (Å²) in [7, 11) is 0. The van der Waals surface area contributed by atoms with Crippen molar-refractivity contribution in [3.8, 4) is 0 Å². The number of ether oxygens (including phenoxy) is 1. The fourth-order valence-corrected chi connectivity index (χ4v) is 2.80. The predicted molar refractivity (Wildman–Crippen MR) is 127 cm³/mol. The average molecular weight is 408 g/mol. The maximum atomic E-state index is 7.55. The van der Waals surface area contributed by atoms with Crippen LogP contribution in [-0.4, -0.2) is 38.7 Å². The van der Waals surface area contributed by atoms with Crippen LogP contribution < -0.4 is 16.4 Å². The van der Waals surface area contributed by atoms with Gasteiger partial charge in [-0.25, -0.2) is 0 Å². The van der Waals surface area contributed by atoms with Crippen LogP contribution >= 0.6 is 0 Å². The molecule has 1 aromatic rings. The average Bonchev–Trinajstić information content (AvgIpc) is 2.98. The van der Waals surface area contributed by atoms with Crippen LogP contribution in [0.25, 0.3) is 0 Å². The van der Waals surface area contributed by atoms with Gasteiger partial charge in [0.2, 0.25) is 0 Å². The van der Waals surface area contributed by atoms with Gasteiger partial charge < -0.3 is 26.5 Å². The Morgan fingerprint density at radius 2 is 2.10 bits per heavy atom. The lowest BCUT2D eigenvalue weighted by Gasteiger charge is -2.09. The molecule has 0 saturated carbocycles. The number of hydrogen-bond acceptors (Lipinski definition) is 6. The van der Waals surface area contributed by atoms with E-state index < -0.39 is 0 Å². The first-order valence-corrected chi connectivity index (χ1v) is 10.3. The van der Waals surface area contributed by atoms with E-state index in [-0.39, 0.29) is 0 Å². The molecule has 5 N–H and O–H groups in total. The van der Waals surface area contributed by atoms with Gasteiger partial charge in [0.25, 0.3) is 0 Å². The Hall–Kier alpha value is -2.96. The summed E-state index contributed by atoms with van der Waals surface area (Å²) in [6.07, 6.45) is 12.2. The third-order valence-corrected chi connectivity index (χ3v) is 4.35. The lowest BCUT2D eigenvalue weighted by molar-refractivity contribution is 0.111. The SMILES string of the molecule is CC(C)COCCNCc1ccc(N/C=C/C2=C(C(/C=N)=C/N)C=CCN=C2)cc1. The molecule has 1 aliphatic rings. The zero-order valence-electron chi connectivity index (χ0n) is 17.9. The second-order valence-corrected chi connectivity index (χ2v) is 7.35. The number of nitrogens with zero attached hydrogens (tertiary/aromatic N) is 1. The van der Waals surface area contributed by atoms with Gasteiger partial charge in [-0.1, -0.05) is 38.1 Å². The minimum Gasteiger partial charge on any atom is -0.404 e. The molecule has 0 bridgehead atoms. The van der Waals surface area contributed by atoms with Crippen molar-refractivity contribution in [1.29, 1.82) is 5.41 Å². The molecular weight excluding hydrogens is 374 g/mol. The van der Waals surface area contributed by atoms with Gasteiger partial charge in [-0.15, -0.1) is 0 Å². The largest absolute Gasteiger partial charge is 0.404 e. The van der Waals surface area contributed by atoms with Crippen molar-refractivity contribution in [3.63, 3.8) is 0 Å². The molecule has 0 aromatic heterocycles. The normalized spacial score (nSPS) is 14.6. The van der Waals surface area contributed by atoms with Gasteiger partial charge in [-0.2, -0.15) is 0 Å². The summed E-state index contributed by atoms with van der Waals surface area (Å²) in [6, 6.07) is 8.30. The van der Waals surface area contributed by atoms with Crippen LogP contribution in [0, 0.1) is 11.3 Å². The topological polar surface area (TPSA) is 95.5 Å². The van der Waals surface area contributed by atoms with E-state index in [0.29, 0.717) is 18.0 Å². The highest BCUT2D eigenvalue weighted by Gasteiger charge is 2.06. The molecule has 6 nitrogen and oxygen atoms in total. The maximum Gasteiger partial charge on any atom is 0.0591 e. The number of rotatable bonds is 12. The maximum absolute atomic E-state index is 7.55. The molecular formula is C24H33N5O. The molecule has 0 radical (unpaired) electrons. The highest BCUT2D eigenvalue weighted by molar-refractivity contribution is 5.93. The summed E-state index contributed by atoms with van der Waals surface area (Å²) in [5, 5.41) is 14.2. The monoisotopic (exact) mass is 407 g/mol. The van der Waals surface area contributed by atoms with E-state index in [9.17, 15) is 0 Å². The van der Waals surface area contributed by atoms with Crippen molar-refractivity contribution in [1.82, 2.24) is 5.32 Å². The Balaban J connectivity index is 1.87. The quantitative estimate of drug-likeness (QED) is 0.313. The number of allylic oxidation sites excluding steroid dienone is 5. The molecule has 0 unspecified atom stereocenters. The van der Waals surface area contributed by atoms with Gasteiger partial charge in [-0.3, -0.25) is 4.99 Å². The number of anilines is 1. The summed E-state index contributed by atoms with van der Waals surface area (Å²) >= 11 is 0. The van der Waals surface area contributed by atoms with Crippen molar-refractivity contribution < 1.29 is 4.74 Å². The first kappa shape index (κ1) is 23.3. The summed E-state index contributed by atoms with van der Waals surface area (Å²) in [4.78, 5) is 4.34. The van der Waals surface area contributed by atoms with E-state index in [0.717, 1.165) is 43.1 Å². The fourth-order valence-electron chi connectivity index (χ4n) is 2.80. The molecule has 0 atom stereocenters. The molecule has 0 fully saturated rings. The van der Waals surface area contributed by atoms with Crippen LogP contribution in [0.5, 0.6) is 0 Å². The lowest BCUT2D eigenvalue weighted by atomic mass is 10.0. The Morgan fingerprint density at radius 3 is 2.80 bits per heavy atom. The Labute approximate surface area is 179 Å². The predicted octanol–water partition coefficient (Wildman–Crippen LogP) is 3.80. The number of nitrogens with two attached hydrogens (primary N) is 1. The zero-order valence-corrected chi connectivity index (χ0v) is 17.9. The minimum absolute atomic E-state index is 0.573. The van der Waals surface area contributed by atoms with Crippen LogP contribution in [0.15, 0.2) is 76.6 Å². The number of aliphatic imine (C=N–C) groups is 1. The number of nitrogens with one attached hydrogen (secondary N) is 3. The van der Waals surface area contributed by atoms with Gasteiger partial charge >= 0.3 is 0 Å². The van der Waals surface area contributed by atoms with E-state index >= 15 is 0 Å². The van der Waals surface area contributed by atoms with Crippen LogP contribution in [0.3, 0.4) is 0 Å². The van der Waals surface area contributed by atoms with Gasteiger partial charge in [0, 0.05) is 61.4 Å². The first-order chi connectivity index (χ1) is 14.6. The molecule has 0 amide bonds. The minimum atomic E-state index is 0.573. The van der Waals surface area contributed by atoms with Gasteiger partial charge in [0.05, 0.1) is 13.2 Å². The lowest BCUT2D eigenvalue weighted by Crippen LogP contribution is -2.20. The molecule has 1 heterocycles. The molecule has 6 heteroatoms. The molecule has 160 valence electrons. The zero-order chi connectivity index (χ0) is 21.6. The van der Waals surface area contributed by atoms with Gasteiger partial charge in [0.1, 0.15) is 0 Å². The molecule has 0 aliphatic carbocycles. The number of benzene rings is 1. The van der Waals surface area contributed by atoms with Crippen LogP contribution in [0.4, 0.5) is 5.69 Å². The highest BCUT2D eigenvalue weighted by Crippen LogP contribution is 2.17. The Kier molecular flexibility index (Phi) is 10.3. The molecule has 0 spiro atoms. The van der Waals surface area contributed by atoms with Crippen molar-refractivity contribution >= 4 is 18.1 Å². The van der Waals surface area contributed by atoms with E-state index in [1.54, 1.807) is 6.21 Å². The standard InChI is InChI=1S/C24H33N5O/c1-19(2)18-30-13-12-28-16-20-5-7-23(8-6-20)29-11-9-21-17-27-10-3-4-24(21)22(14-25)15-26/h3-9,11,14-15,17,19,25,28-29H,10,12-13,16,18,26H2,1-2H3/b11-9+,22-15+,25-14?. The second-order valence-electron chi connectivity index (χ2n) is 7.35. The molecule has 1 aromatic carbocycles. The smallest absolute Gasteiger partial charge is 0.0591 e. The Morgan fingerprint density at radius 1 is 1.30 bits per heavy atom. The second kappa shape index (κ2) is 13.3. The van der Waals surface area contributed by atoms with E-state index in [2.05, 4.69) is 53.7 Å². The number of hydrogen-bond donors (Lipinski definition) is 4. The van der Waals surface area contributed by atoms with E-state index in [4.69, 9.17) is 15.9 Å². The summed E-state index contributed by atoms with van der Waals surface area (Å²) < 4.78 is 5.57. The first-order valence-electron chi connectivity index (χ1n) is 10.3.